The molecule has 29 heavy (non-hydrogen) atoms. The van der Waals surface area contributed by atoms with Gasteiger partial charge in [-0.3, -0.25) is 0 Å². The van der Waals surface area contributed by atoms with Crippen LogP contribution in [0.2, 0.25) is 0 Å². The number of anilines is 2. The number of ether oxygens (including phenoxy) is 2. The average Bonchev–Trinajstić information content (AvgIpc) is 3.22. The fourth-order valence-electron chi connectivity index (χ4n) is 4.68. The molecule has 0 saturated carbocycles. The first kappa shape index (κ1) is 16.8. The Labute approximate surface area is 170 Å². The van der Waals surface area contributed by atoms with Crippen LogP contribution < -0.4 is 20.1 Å². The zero-order chi connectivity index (χ0) is 19.2. The number of fused-ring (bicyclic) bond motifs is 3. The maximum atomic E-state index is 6.20. The molecular weight excluding hydrogens is 360 g/mol. The third kappa shape index (κ3) is 3.00. The largest absolute Gasteiger partial charge is 0.485 e. The van der Waals surface area contributed by atoms with E-state index in [0.29, 0.717) is 12.6 Å². The predicted molar refractivity (Wildman–Crippen MR) is 115 cm³/mol. The van der Waals surface area contributed by atoms with E-state index in [-0.39, 0.29) is 6.10 Å². The maximum absolute atomic E-state index is 6.20. The van der Waals surface area contributed by atoms with Crippen molar-refractivity contribution >= 4 is 11.4 Å². The Kier molecular flexibility index (Phi) is 3.89. The van der Waals surface area contributed by atoms with Crippen LogP contribution in [0, 0.1) is 0 Å². The SMILES string of the molecule is c1ccc2c(c1)OCC(c1ccc3c(c1)CC(c1ccc4c(c1)CCCN4)N3)O2. The molecule has 6 rings (SSSR count). The maximum Gasteiger partial charge on any atom is 0.162 e. The molecule has 0 amide bonds. The van der Waals surface area contributed by atoms with Gasteiger partial charge in [-0.25, -0.2) is 0 Å². The molecule has 2 N–H and O–H groups in total. The summed E-state index contributed by atoms with van der Waals surface area (Å²) in [5.41, 5.74) is 7.87. The third-order valence-corrected chi connectivity index (χ3v) is 6.23. The van der Waals surface area contributed by atoms with Crippen LogP contribution in [0.5, 0.6) is 11.5 Å². The van der Waals surface area contributed by atoms with Crippen LogP contribution in [-0.4, -0.2) is 13.2 Å². The van der Waals surface area contributed by atoms with Crippen molar-refractivity contribution in [1.82, 2.24) is 0 Å². The summed E-state index contributed by atoms with van der Waals surface area (Å²) < 4.78 is 12.1. The van der Waals surface area contributed by atoms with Gasteiger partial charge in [0.1, 0.15) is 6.61 Å². The van der Waals surface area contributed by atoms with Crippen LogP contribution in [0.4, 0.5) is 11.4 Å². The van der Waals surface area contributed by atoms with Gasteiger partial charge in [0.2, 0.25) is 0 Å². The molecule has 3 heterocycles. The normalized spacial score (nSPS) is 21.5. The molecule has 4 nitrogen and oxygen atoms in total. The molecule has 2 atom stereocenters. The molecule has 3 aliphatic heterocycles. The smallest absolute Gasteiger partial charge is 0.162 e. The van der Waals surface area contributed by atoms with Gasteiger partial charge in [0.25, 0.3) is 0 Å². The molecule has 0 spiro atoms. The summed E-state index contributed by atoms with van der Waals surface area (Å²) in [7, 11) is 0. The van der Waals surface area contributed by atoms with Crippen LogP contribution in [0.3, 0.4) is 0 Å². The molecule has 146 valence electrons. The number of rotatable bonds is 2. The number of benzene rings is 3. The van der Waals surface area contributed by atoms with Crippen LogP contribution >= 0.6 is 0 Å². The molecule has 0 radical (unpaired) electrons. The third-order valence-electron chi connectivity index (χ3n) is 6.23. The number of aryl methyl sites for hydroxylation is 1. The molecule has 0 fully saturated rings. The molecule has 0 aromatic heterocycles. The Morgan fingerprint density at radius 3 is 2.62 bits per heavy atom. The van der Waals surface area contributed by atoms with Crippen molar-refractivity contribution in [1.29, 1.82) is 0 Å². The van der Waals surface area contributed by atoms with E-state index in [2.05, 4.69) is 47.0 Å². The highest BCUT2D eigenvalue weighted by molar-refractivity contribution is 5.61. The summed E-state index contributed by atoms with van der Waals surface area (Å²) in [5, 5.41) is 7.21. The van der Waals surface area contributed by atoms with Gasteiger partial charge < -0.3 is 20.1 Å². The van der Waals surface area contributed by atoms with Crippen molar-refractivity contribution in [3.05, 3.63) is 82.9 Å². The minimum Gasteiger partial charge on any atom is -0.485 e. The fourth-order valence-corrected chi connectivity index (χ4v) is 4.68. The quantitative estimate of drug-likeness (QED) is 0.632. The number of para-hydroxylation sites is 2. The van der Waals surface area contributed by atoms with Gasteiger partial charge in [-0.2, -0.15) is 0 Å². The Morgan fingerprint density at radius 2 is 1.66 bits per heavy atom. The standard InChI is InChI=1S/C25H24N2O2/c1-2-6-24-23(5-1)28-15-25(29-24)18-8-10-21-19(13-18)14-22(27-21)17-7-9-20-16(12-17)4-3-11-26-20/h1-2,5-10,12-13,22,25-27H,3-4,11,14-15H2. The number of hydrogen-bond donors (Lipinski definition) is 2. The van der Waals surface area contributed by atoms with Gasteiger partial charge in [0, 0.05) is 17.9 Å². The zero-order valence-corrected chi connectivity index (χ0v) is 16.3. The van der Waals surface area contributed by atoms with Gasteiger partial charge in [-0.05, 0) is 71.8 Å². The molecule has 0 bridgehead atoms. The van der Waals surface area contributed by atoms with Crippen LogP contribution in [0.15, 0.2) is 60.7 Å². The van der Waals surface area contributed by atoms with Gasteiger partial charge >= 0.3 is 0 Å². The lowest BCUT2D eigenvalue weighted by atomic mass is 9.95. The van der Waals surface area contributed by atoms with E-state index in [1.807, 2.05) is 24.3 Å². The molecule has 0 aliphatic carbocycles. The van der Waals surface area contributed by atoms with E-state index >= 15 is 0 Å². The van der Waals surface area contributed by atoms with Gasteiger partial charge in [-0.1, -0.05) is 30.3 Å². The summed E-state index contributed by atoms with van der Waals surface area (Å²) >= 11 is 0. The van der Waals surface area contributed by atoms with Crippen molar-refractivity contribution in [2.45, 2.75) is 31.4 Å². The molecule has 3 aromatic rings. The monoisotopic (exact) mass is 384 g/mol. The number of nitrogens with one attached hydrogen (secondary N) is 2. The van der Waals surface area contributed by atoms with Crippen LogP contribution in [0.1, 0.15) is 40.8 Å². The van der Waals surface area contributed by atoms with E-state index in [1.165, 1.54) is 46.5 Å². The second-order valence-corrected chi connectivity index (χ2v) is 8.13. The summed E-state index contributed by atoms with van der Waals surface area (Å²) in [4.78, 5) is 0. The van der Waals surface area contributed by atoms with E-state index in [9.17, 15) is 0 Å². The lowest BCUT2D eigenvalue weighted by molar-refractivity contribution is 0.0913. The van der Waals surface area contributed by atoms with Crippen molar-refractivity contribution in [3.63, 3.8) is 0 Å². The van der Waals surface area contributed by atoms with E-state index in [4.69, 9.17) is 9.47 Å². The van der Waals surface area contributed by atoms with Crippen LogP contribution in [0.25, 0.3) is 0 Å². The minimum absolute atomic E-state index is 0.0657. The van der Waals surface area contributed by atoms with Crippen molar-refractivity contribution in [2.75, 3.05) is 23.8 Å². The van der Waals surface area contributed by atoms with Gasteiger partial charge in [0.15, 0.2) is 17.6 Å². The molecule has 2 unspecified atom stereocenters. The van der Waals surface area contributed by atoms with Crippen molar-refractivity contribution in [2.24, 2.45) is 0 Å². The second-order valence-electron chi connectivity index (χ2n) is 8.13. The highest BCUT2D eigenvalue weighted by Crippen LogP contribution is 2.40. The minimum atomic E-state index is -0.0657. The molecule has 4 heteroatoms. The van der Waals surface area contributed by atoms with Gasteiger partial charge in [-0.15, -0.1) is 0 Å². The molecular formula is C25H24N2O2. The number of hydrogen-bond acceptors (Lipinski definition) is 4. The van der Waals surface area contributed by atoms with Gasteiger partial charge in [0.05, 0.1) is 6.04 Å². The first-order valence-corrected chi connectivity index (χ1v) is 10.5. The van der Waals surface area contributed by atoms with Crippen LogP contribution in [-0.2, 0) is 12.8 Å². The molecule has 0 saturated heterocycles. The van der Waals surface area contributed by atoms with E-state index < -0.39 is 0 Å². The summed E-state index contributed by atoms with van der Waals surface area (Å²) in [5.74, 6) is 1.65. The first-order chi connectivity index (χ1) is 14.3. The fraction of sp³-hybridized carbons (Fsp3) is 0.280. The summed E-state index contributed by atoms with van der Waals surface area (Å²) in [6, 6.07) is 21.7. The zero-order valence-electron chi connectivity index (χ0n) is 16.3. The highest BCUT2D eigenvalue weighted by Gasteiger charge is 2.27. The Balaban J connectivity index is 1.23. The topological polar surface area (TPSA) is 42.5 Å². The Hall–Kier alpha value is -3.14. The van der Waals surface area contributed by atoms with E-state index in [1.54, 1.807) is 0 Å². The molecule has 3 aliphatic rings. The molecule has 3 aromatic carbocycles. The predicted octanol–water partition coefficient (Wildman–Crippen LogP) is 5.27. The summed E-state index contributed by atoms with van der Waals surface area (Å²) in [6.07, 6.45) is 3.31. The first-order valence-electron chi connectivity index (χ1n) is 10.5. The Bertz CT molecular complexity index is 1080. The van der Waals surface area contributed by atoms with Crippen molar-refractivity contribution in [3.8, 4) is 11.5 Å². The van der Waals surface area contributed by atoms with Crippen molar-refractivity contribution < 1.29 is 9.47 Å². The highest BCUT2D eigenvalue weighted by atomic mass is 16.6. The average molecular weight is 384 g/mol. The lowest BCUT2D eigenvalue weighted by Crippen LogP contribution is -2.21. The lowest BCUT2D eigenvalue weighted by Gasteiger charge is -2.27. The van der Waals surface area contributed by atoms with E-state index in [0.717, 1.165) is 24.5 Å². The Morgan fingerprint density at radius 1 is 0.828 bits per heavy atom. The second kappa shape index (κ2) is 6.73. The summed E-state index contributed by atoms with van der Waals surface area (Å²) in [6.45, 7) is 1.63.